The molecule has 0 aromatic carbocycles. The van der Waals surface area contributed by atoms with E-state index in [2.05, 4.69) is 0 Å². The first-order chi connectivity index (χ1) is 5.02. The number of amides is 2. The fourth-order valence-electron chi connectivity index (χ4n) is 0.294. The van der Waals surface area contributed by atoms with Gasteiger partial charge in [0.2, 0.25) is 0 Å². The predicted octanol–water partition coefficient (Wildman–Crippen LogP) is -0.579. The third kappa shape index (κ3) is 6.03. The second kappa shape index (κ2) is 4.04. The first kappa shape index (κ1) is 9.15. The number of hydrogen-bond acceptors (Lipinski definition) is 3. The number of hydrogen-bond donors (Lipinski definition) is 3. The van der Waals surface area contributed by atoms with Crippen molar-refractivity contribution in [1.29, 1.82) is 0 Å². The van der Waals surface area contributed by atoms with Crippen molar-refractivity contribution in [3.8, 4) is 0 Å². The van der Waals surface area contributed by atoms with Crippen molar-refractivity contribution in [2.45, 2.75) is 0 Å². The first-order valence-electron chi connectivity index (χ1n) is 2.47. The molecule has 0 unspecified atom stereocenters. The van der Waals surface area contributed by atoms with Crippen molar-refractivity contribution >= 4 is 18.0 Å². The van der Waals surface area contributed by atoms with E-state index in [9.17, 15) is 14.4 Å². The number of carboxylic acids is 1. The minimum absolute atomic E-state index is 0.540. The summed E-state index contributed by atoms with van der Waals surface area (Å²) in [5, 5.41) is 17.3. The summed E-state index contributed by atoms with van der Waals surface area (Å²) in [5.74, 6) is -2.30. The van der Waals surface area contributed by atoms with Gasteiger partial charge in [0.15, 0.2) is 0 Å². The molecule has 60 valence electrons. The average molecular weight is 159 g/mol. The lowest BCUT2D eigenvalue weighted by Crippen LogP contribution is -2.26. The Morgan fingerprint density at radius 3 is 2.00 bits per heavy atom. The van der Waals surface area contributed by atoms with Crippen molar-refractivity contribution < 1.29 is 24.6 Å². The van der Waals surface area contributed by atoms with Gasteiger partial charge < -0.3 is 10.2 Å². The molecule has 0 saturated heterocycles. The van der Waals surface area contributed by atoms with Crippen LogP contribution in [-0.4, -0.2) is 28.2 Å². The summed E-state index contributed by atoms with van der Waals surface area (Å²) in [7, 11) is 0. The van der Waals surface area contributed by atoms with Gasteiger partial charge in [0.05, 0.1) is 0 Å². The van der Waals surface area contributed by atoms with Crippen molar-refractivity contribution in [1.82, 2.24) is 5.32 Å². The molecular weight excluding hydrogens is 154 g/mol. The maximum Gasteiger partial charge on any atom is 0.411 e. The molecule has 0 atom stereocenters. The smallest absolute Gasteiger partial charge is 0.411 e. The average Bonchev–Trinajstić information content (AvgIpc) is 1.82. The molecule has 0 heterocycles. The highest BCUT2D eigenvalue weighted by molar-refractivity contribution is 6.00. The number of carbonyl (C=O) groups excluding carboxylic acids is 1. The van der Waals surface area contributed by atoms with E-state index in [4.69, 9.17) is 10.2 Å². The maximum absolute atomic E-state index is 10.3. The van der Waals surface area contributed by atoms with Gasteiger partial charge in [-0.2, -0.15) is 0 Å². The summed E-state index contributed by atoms with van der Waals surface area (Å²) in [5.41, 5.74) is 0. The summed E-state index contributed by atoms with van der Waals surface area (Å²) in [6.07, 6.45) is -0.376. The largest absolute Gasteiger partial charge is 0.478 e. The Labute approximate surface area is 61.1 Å². The van der Waals surface area contributed by atoms with Crippen molar-refractivity contribution in [2.75, 3.05) is 0 Å². The van der Waals surface area contributed by atoms with Gasteiger partial charge in [-0.3, -0.25) is 10.1 Å². The highest BCUT2D eigenvalue weighted by Crippen LogP contribution is 1.73. The summed E-state index contributed by atoms with van der Waals surface area (Å²) in [4.78, 5) is 29.8. The molecule has 0 aliphatic rings. The fourth-order valence-corrected chi connectivity index (χ4v) is 0.294. The van der Waals surface area contributed by atoms with Crippen LogP contribution in [0.5, 0.6) is 0 Å². The summed E-state index contributed by atoms with van der Waals surface area (Å²) in [6, 6.07) is 0. The Hall–Kier alpha value is -1.85. The number of carbonyl (C=O) groups is 3. The highest BCUT2D eigenvalue weighted by atomic mass is 16.4. The molecule has 0 aliphatic carbocycles. The molecule has 0 saturated carbocycles. The van der Waals surface area contributed by atoms with Crippen molar-refractivity contribution in [3.63, 3.8) is 0 Å². The first-order valence-corrected chi connectivity index (χ1v) is 2.47. The normalized spacial score (nSPS) is 9.45. The van der Waals surface area contributed by atoms with Gasteiger partial charge >= 0.3 is 12.1 Å². The lowest BCUT2D eigenvalue weighted by atomic mass is 10.5. The second-order valence-corrected chi connectivity index (χ2v) is 1.47. The van der Waals surface area contributed by atoms with Crippen LogP contribution in [-0.2, 0) is 9.59 Å². The molecule has 0 spiro atoms. The molecule has 0 radical (unpaired) electrons. The number of carboxylic acid groups (broad SMARTS) is 2. The Kier molecular flexibility index (Phi) is 3.36. The van der Waals surface area contributed by atoms with E-state index in [1.165, 1.54) is 5.32 Å². The predicted molar refractivity (Wildman–Crippen MR) is 32.9 cm³/mol. The Bertz CT molecular complexity index is 219. The molecule has 6 heteroatoms. The van der Waals surface area contributed by atoms with Crippen molar-refractivity contribution in [3.05, 3.63) is 12.2 Å². The Morgan fingerprint density at radius 2 is 1.64 bits per heavy atom. The summed E-state index contributed by atoms with van der Waals surface area (Å²) < 4.78 is 0. The zero-order valence-corrected chi connectivity index (χ0v) is 5.27. The molecule has 3 N–H and O–H groups in total. The molecular formula is C5H5NO5. The van der Waals surface area contributed by atoms with E-state index in [1.807, 2.05) is 0 Å². The van der Waals surface area contributed by atoms with E-state index in [1.54, 1.807) is 0 Å². The van der Waals surface area contributed by atoms with E-state index in [0.717, 1.165) is 0 Å². The van der Waals surface area contributed by atoms with Crippen LogP contribution in [0.4, 0.5) is 4.79 Å². The van der Waals surface area contributed by atoms with Crippen LogP contribution in [0.15, 0.2) is 12.2 Å². The van der Waals surface area contributed by atoms with Crippen LogP contribution in [0.1, 0.15) is 0 Å². The highest BCUT2D eigenvalue weighted by Gasteiger charge is 2.00. The maximum atomic E-state index is 10.3. The molecule has 0 rings (SSSR count). The van der Waals surface area contributed by atoms with E-state index in [-0.39, 0.29) is 0 Å². The molecule has 0 aromatic heterocycles. The van der Waals surface area contributed by atoms with Crippen LogP contribution in [0.25, 0.3) is 0 Å². The van der Waals surface area contributed by atoms with Crippen LogP contribution >= 0.6 is 0 Å². The quantitative estimate of drug-likeness (QED) is 0.467. The van der Waals surface area contributed by atoms with Gasteiger partial charge in [-0.1, -0.05) is 0 Å². The topological polar surface area (TPSA) is 104 Å². The zero-order valence-electron chi connectivity index (χ0n) is 5.27. The lowest BCUT2D eigenvalue weighted by molar-refractivity contribution is -0.131. The molecule has 6 nitrogen and oxygen atoms in total. The number of aliphatic carboxylic acids is 1. The van der Waals surface area contributed by atoms with Gasteiger partial charge in [-0.15, -0.1) is 0 Å². The molecule has 0 fully saturated rings. The Morgan fingerprint density at radius 1 is 1.09 bits per heavy atom. The summed E-state index contributed by atoms with van der Waals surface area (Å²) >= 11 is 0. The summed E-state index contributed by atoms with van der Waals surface area (Å²) in [6.45, 7) is 0. The molecule has 0 bridgehead atoms. The standard InChI is InChI=1S/C5H5NO5/c7-3(6-5(10)11)1-2-4(8)9/h1-2H,(H,6,7)(H,8,9)(H,10,11). The number of nitrogens with one attached hydrogen (secondary N) is 1. The zero-order chi connectivity index (χ0) is 8.85. The second-order valence-electron chi connectivity index (χ2n) is 1.47. The third-order valence-corrected chi connectivity index (χ3v) is 0.607. The number of rotatable bonds is 2. The van der Waals surface area contributed by atoms with Crippen LogP contribution < -0.4 is 5.32 Å². The van der Waals surface area contributed by atoms with Gasteiger partial charge in [-0.05, 0) is 0 Å². The molecule has 0 aromatic rings. The number of imide groups is 1. The van der Waals surface area contributed by atoms with Gasteiger partial charge in [0.25, 0.3) is 5.91 Å². The SMILES string of the molecule is O=C(O)C=CC(=O)NC(=O)O. The van der Waals surface area contributed by atoms with Gasteiger partial charge in [0, 0.05) is 12.2 Å². The minimum Gasteiger partial charge on any atom is -0.478 e. The fraction of sp³-hybridized carbons (Fsp3) is 0. The van der Waals surface area contributed by atoms with E-state index in [0.29, 0.717) is 12.2 Å². The van der Waals surface area contributed by atoms with Gasteiger partial charge in [-0.25, -0.2) is 9.59 Å². The molecule has 11 heavy (non-hydrogen) atoms. The van der Waals surface area contributed by atoms with Crippen LogP contribution in [0.2, 0.25) is 0 Å². The van der Waals surface area contributed by atoms with E-state index >= 15 is 0 Å². The van der Waals surface area contributed by atoms with Crippen LogP contribution in [0.3, 0.4) is 0 Å². The monoisotopic (exact) mass is 159 g/mol. The van der Waals surface area contributed by atoms with Crippen LogP contribution in [0, 0.1) is 0 Å². The Balaban J connectivity index is 3.88. The van der Waals surface area contributed by atoms with Gasteiger partial charge in [0.1, 0.15) is 0 Å². The molecule has 0 aliphatic heterocycles. The van der Waals surface area contributed by atoms with E-state index < -0.39 is 18.0 Å². The minimum atomic E-state index is -1.52. The van der Waals surface area contributed by atoms with Crippen molar-refractivity contribution in [2.24, 2.45) is 0 Å². The third-order valence-electron chi connectivity index (χ3n) is 0.607. The lowest BCUT2D eigenvalue weighted by Gasteiger charge is -1.89. The molecule has 2 amide bonds.